The molecule has 0 rings (SSSR count). The molecule has 0 aliphatic heterocycles. The minimum absolute atomic E-state index is 0. The molecule has 0 atom stereocenters. The van der Waals surface area contributed by atoms with Crippen LogP contribution in [-0.2, 0) is 21.7 Å². The van der Waals surface area contributed by atoms with Gasteiger partial charge in [0.2, 0.25) is 28.2 Å². The van der Waals surface area contributed by atoms with Gasteiger partial charge >= 0.3 is 11.3 Å². The summed E-state index contributed by atoms with van der Waals surface area (Å²) in [7, 11) is 5.67. The summed E-state index contributed by atoms with van der Waals surface area (Å²) in [6.45, 7) is 27.8. The average Bonchev–Trinajstić information content (AvgIpc) is 2.12. The van der Waals surface area contributed by atoms with E-state index in [9.17, 15) is 0 Å². The van der Waals surface area contributed by atoms with Crippen LogP contribution in [-0.4, -0.2) is 28.2 Å². The molecule has 0 spiro atoms. The Morgan fingerprint density at radius 2 is 0.625 bits per heavy atom. The maximum atomic E-state index is 7.50. The van der Waals surface area contributed by atoms with Crippen LogP contribution in [0.1, 0.15) is 0 Å². The van der Waals surface area contributed by atoms with Crippen molar-refractivity contribution in [1.82, 2.24) is 0 Å². The van der Waals surface area contributed by atoms with E-state index < -0.39 is 0 Å². The first-order chi connectivity index (χ1) is 6.66. The summed E-state index contributed by atoms with van der Waals surface area (Å²) in [5.41, 5.74) is 0. The summed E-state index contributed by atoms with van der Waals surface area (Å²) in [5.74, 6) is 0. The summed E-state index contributed by atoms with van der Waals surface area (Å²) in [6.07, 6.45) is 0. The van der Waals surface area contributed by atoms with Gasteiger partial charge in [0.05, 0.1) is 0 Å². The molecule has 1 radical (unpaired) electrons. The summed E-state index contributed by atoms with van der Waals surface area (Å²) in [4.78, 5) is 11.0. The van der Waals surface area contributed by atoms with Gasteiger partial charge in [0.1, 0.15) is 0 Å². The predicted octanol–water partition coefficient (Wildman–Crippen LogP) is 2.68. The Labute approximate surface area is 119 Å². The van der Waals surface area contributed by atoms with Crippen molar-refractivity contribution in [2.75, 3.05) is 28.2 Å². The number of hydrogen-bond acceptors (Lipinski definition) is 0. The summed E-state index contributed by atoms with van der Waals surface area (Å²) < 4.78 is 7.50. The van der Waals surface area contributed by atoms with Crippen molar-refractivity contribution in [1.29, 1.82) is 0 Å². The first-order valence-electron chi connectivity index (χ1n) is 2.89. The molecule has 5 nitrogen and oxygen atoms in total. The Hall–Kier alpha value is -1.30. The monoisotopic (exact) mass is 327 g/mol. The van der Waals surface area contributed by atoms with E-state index >= 15 is 0 Å². The molecule has 0 fully saturated rings. The quantitative estimate of drug-likeness (QED) is 0.373. The fourth-order valence-electron chi connectivity index (χ4n) is 0. The predicted molar refractivity (Wildman–Crippen MR) is 64.4 cm³/mol. The normalized spacial score (nSPS) is 2.12. The Bertz CT molecular complexity index is 193. The second-order valence-corrected chi connectivity index (χ2v) is 0.894. The molecular weight excluding hydrogens is 315 g/mol. The molecular formula is C9H13BrMnN4O. The van der Waals surface area contributed by atoms with Gasteiger partial charge < -0.3 is 19.4 Å². The Morgan fingerprint density at radius 1 is 0.625 bits per heavy atom. The zero-order valence-electron chi connectivity index (χ0n) is 9.48. The zero-order valence-corrected chi connectivity index (χ0v) is 12.4. The topological polar surface area (TPSA) is 37.3 Å². The fraction of sp³-hybridized carbons (Fsp3) is 0.444. The molecule has 16 heavy (non-hydrogen) atoms. The van der Waals surface area contributed by atoms with Crippen molar-refractivity contribution in [2.24, 2.45) is 0 Å². The molecule has 89 valence electrons. The third-order valence-corrected chi connectivity index (χ3v) is 0. The smallest absolute Gasteiger partial charge is 0 e. The molecule has 0 N–H and O–H groups in total. The molecule has 0 bridgehead atoms. The molecule has 0 amide bonds. The molecule has 0 saturated carbocycles. The van der Waals surface area contributed by atoms with Crippen molar-refractivity contribution in [2.45, 2.75) is 0 Å². The maximum absolute atomic E-state index is 7.50. The standard InChI is InChI=1S/4C2H3N.CO.BrH.Mn/c4*1-3-2;1-2;;/h4*1H3;;1H;. The molecule has 0 saturated heterocycles. The maximum Gasteiger partial charge on any atom is 0 e. The molecule has 0 aromatic heterocycles. The summed E-state index contributed by atoms with van der Waals surface area (Å²) >= 11 is 0. The molecule has 0 heterocycles. The van der Waals surface area contributed by atoms with Crippen LogP contribution in [0, 0.1) is 32.9 Å². The van der Waals surface area contributed by atoms with Gasteiger partial charge in [-0.1, -0.05) is 0 Å². The molecule has 0 aliphatic rings. The van der Waals surface area contributed by atoms with Crippen LogP contribution in [0.5, 0.6) is 0 Å². The Balaban J connectivity index is -0.0000000124. The van der Waals surface area contributed by atoms with Gasteiger partial charge in [0, 0.05) is 17.1 Å². The van der Waals surface area contributed by atoms with Crippen LogP contribution in [0.3, 0.4) is 0 Å². The molecule has 7 heteroatoms. The number of halogens is 1. The van der Waals surface area contributed by atoms with E-state index in [0.29, 0.717) is 0 Å². The van der Waals surface area contributed by atoms with Crippen molar-refractivity contribution >= 4 is 17.0 Å². The van der Waals surface area contributed by atoms with Crippen LogP contribution in [0.4, 0.5) is 0 Å². The van der Waals surface area contributed by atoms with E-state index in [-0.39, 0.29) is 34.1 Å². The third kappa shape index (κ3) is 1030. The van der Waals surface area contributed by atoms with Gasteiger partial charge in [-0.25, -0.2) is 26.3 Å². The molecule has 0 unspecified atom stereocenters. The molecule has 0 aromatic rings. The van der Waals surface area contributed by atoms with Crippen molar-refractivity contribution in [3.63, 3.8) is 0 Å². The van der Waals surface area contributed by atoms with E-state index in [1.54, 1.807) is 0 Å². The fourth-order valence-corrected chi connectivity index (χ4v) is 0. The van der Waals surface area contributed by atoms with Crippen LogP contribution >= 0.6 is 17.0 Å². The van der Waals surface area contributed by atoms with Crippen molar-refractivity contribution < 1.29 is 21.7 Å². The van der Waals surface area contributed by atoms with Gasteiger partial charge in [-0.15, -0.1) is 17.0 Å². The Morgan fingerprint density at radius 3 is 0.625 bits per heavy atom. The summed E-state index contributed by atoms with van der Waals surface area (Å²) in [5, 5.41) is 0. The van der Waals surface area contributed by atoms with Crippen molar-refractivity contribution in [3.8, 4) is 0 Å². The molecule has 0 aliphatic carbocycles. The van der Waals surface area contributed by atoms with Crippen LogP contribution in [0.25, 0.3) is 19.4 Å². The third-order valence-electron chi connectivity index (χ3n) is 0. The van der Waals surface area contributed by atoms with Crippen LogP contribution < -0.4 is 0 Å². The first kappa shape index (κ1) is 46.5. The molecule has 0 aromatic carbocycles. The minimum atomic E-state index is 0. The largest absolute Gasteiger partial charge is 0 e. The van der Waals surface area contributed by atoms with E-state index in [2.05, 4.69) is 26.0 Å². The van der Waals surface area contributed by atoms with E-state index in [1.165, 1.54) is 28.2 Å². The first-order valence-corrected chi connectivity index (χ1v) is 2.89. The number of hydrogen-bond donors (Lipinski definition) is 0. The summed E-state index contributed by atoms with van der Waals surface area (Å²) in [6, 6.07) is 0. The second kappa shape index (κ2) is 303. The Kier molecular flexibility index (Phi) is 882. The SMILES string of the molecule is Br.[C-]#[N+]C.[C-]#[N+]C.[C-]#[N+]C.[C-]#[N+]C.[C-]#[O+].[Mn]. The van der Waals surface area contributed by atoms with Crippen LogP contribution in [0.15, 0.2) is 0 Å². The average molecular weight is 328 g/mol. The van der Waals surface area contributed by atoms with Gasteiger partial charge in [-0.05, 0) is 0 Å². The van der Waals surface area contributed by atoms with E-state index in [4.69, 9.17) is 30.9 Å². The van der Waals surface area contributed by atoms with Crippen LogP contribution in [0.2, 0.25) is 0 Å². The van der Waals surface area contributed by atoms with E-state index in [0.717, 1.165) is 0 Å². The van der Waals surface area contributed by atoms with Gasteiger partial charge in [0.15, 0.2) is 0 Å². The van der Waals surface area contributed by atoms with Gasteiger partial charge in [0.25, 0.3) is 0 Å². The zero-order chi connectivity index (χ0) is 12.8. The van der Waals surface area contributed by atoms with Gasteiger partial charge in [-0.2, -0.15) is 0 Å². The second-order valence-electron chi connectivity index (χ2n) is 0.894. The van der Waals surface area contributed by atoms with E-state index in [1.807, 2.05) is 0 Å². The van der Waals surface area contributed by atoms with Crippen molar-refractivity contribution in [3.05, 3.63) is 52.3 Å². The number of rotatable bonds is 0. The minimum Gasteiger partial charge on any atom is 0 e. The van der Waals surface area contributed by atoms with Gasteiger partial charge in [-0.3, -0.25) is 0 Å². The number of nitrogens with zero attached hydrogens (tertiary/aromatic N) is 4.